The number of nitrogens with zero attached hydrogens (tertiary/aromatic N) is 2. The molecule has 1 aliphatic heterocycles. The molecular formula is C18H14N2O3S2. The van der Waals surface area contributed by atoms with Crippen molar-refractivity contribution in [3.8, 4) is 0 Å². The van der Waals surface area contributed by atoms with Gasteiger partial charge in [0.25, 0.3) is 11.6 Å². The lowest BCUT2D eigenvalue weighted by Crippen LogP contribution is -2.27. The quantitative estimate of drug-likeness (QED) is 0.341. The monoisotopic (exact) mass is 370 g/mol. The van der Waals surface area contributed by atoms with Gasteiger partial charge in [-0.05, 0) is 48.7 Å². The van der Waals surface area contributed by atoms with Crippen molar-refractivity contribution in [3.05, 3.63) is 74.2 Å². The summed E-state index contributed by atoms with van der Waals surface area (Å²) in [5.74, 6) is -0.216. The SMILES string of the molecule is Cc1cc(C)cc(N2C(=O)/C(=C\c3cccc([N+](=O)[O-])c3)SC2=S)c1. The van der Waals surface area contributed by atoms with Crippen molar-refractivity contribution in [1.82, 2.24) is 0 Å². The van der Waals surface area contributed by atoms with Crippen LogP contribution in [0.3, 0.4) is 0 Å². The lowest BCUT2D eigenvalue weighted by atomic mass is 10.1. The van der Waals surface area contributed by atoms with Gasteiger partial charge < -0.3 is 0 Å². The number of nitro groups is 1. The van der Waals surface area contributed by atoms with Gasteiger partial charge in [-0.15, -0.1) is 0 Å². The molecule has 7 heteroatoms. The van der Waals surface area contributed by atoms with Gasteiger partial charge >= 0.3 is 0 Å². The van der Waals surface area contributed by atoms with E-state index in [-0.39, 0.29) is 11.6 Å². The summed E-state index contributed by atoms with van der Waals surface area (Å²) in [5.41, 5.74) is 3.41. The molecule has 2 aromatic carbocycles. The van der Waals surface area contributed by atoms with Crippen LogP contribution < -0.4 is 4.90 Å². The van der Waals surface area contributed by atoms with Crippen molar-refractivity contribution in [2.75, 3.05) is 4.90 Å². The largest absolute Gasteiger partial charge is 0.270 e. The zero-order valence-corrected chi connectivity index (χ0v) is 15.2. The fraction of sp³-hybridized carbons (Fsp3) is 0.111. The fourth-order valence-corrected chi connectivity index (χ4v) is 3.95. The van der Waals surface area contributed by atoms with Crippen LogP contribution in [-0.4, -0.2) is 15.2 Å². The number of thiocarbonyl (C=S) groups is 1. The number of nitro benzene ring substituents is 1. The van der Waals surface area contributed by atoms with Gasteiger partial charge in [-0.25, -0.2) is 0 Å². The van der Waals surface area contributed by atoms with Crippen LogP contribution in [0.2, 0.25) is 0 Å². The Morgan fingerprint density at radius 1 is 1.16 bits per heavy atom. The molecule has 1 saturated heterocycles. The number of carbonyl (C=O) groups is 1. The third-order valence-electron chi connectivity index (χ3n) is 3.64. The standard InChI is InChI=1S/C18H14N2O3S2/c1-11-6-12(2)8-15(7-11)19-17(21)16(25-18(19)24)10-13-4-3-5-14(9-13)20(22)23/h3-10H,1-2H3/b16-10+. The van der Waals surface area contributed by atoms with E-state index < -0.39 is 4.92 Å². The van der Waals surface area contributed by atoms with Gasteiger partial charge in [0.2, 0.25) is 0 Å². The number of thioether (sulfide) groups is 1. The Hall–Kier alpha value is -2.51. The summed E-state index contributed by atoms with van der Waals surface area (Å²) in [4.78, 5) is 25.2. The van der Waals surface area contributed by atoms with Crippen LogP contribution >= 0.6 is 24.0 Å². The Morgan fingerprint density at radius 2 is 1.84 bits per heavy atom. The van der Waals surface area contributed by atoms with Crippen molar-refractivity contribution in [3.63, 3.8) is 0 Å². The number of amides is 1. The normalized spacial score (nSPS) is 15.9. The highest BCUT2D eigenvalue weighted by molar-refractivity contribution is 8.27. The van der Waals surface area contributed by atoms with E-state index in [1.54, 1.807) is 18.2 Å². The molecule has 0 aromatic heterocycles. The first-order valence-corrected chi connectivity index (χ1v) is 8.68. The molecule has 1 amide bonds. The van der Waals surface area contributed by atoms with Crippen molar-refractivity contribution in [1.29, 1.82) is 0 Å². The Kier molecular flexibility index (Phi) is 4.69. The van der Waals surface area contributed by atoms with E-state index in [1.807, 2.05) is 32.0 Å². The Balaban J connectivity index is 1.96. The topological polar surface area (TPSA) is 63.5 Å². The zero-order valence-electron chi connectivity index (χ0n) is 13.6. The molecule has 0 bridgehead atoms. The van der Waals surface area contributed by atoms with Gasteiger partial charge in [-0.1, -0.05) is 42.2 Å². The highest BCUT2D eigenvalue weighted by atomic mass is 32.2. The van der Waals surface area contributed by atoms with Gasteiger partial charge in [0.05, 0.1) is 15.5 Å². The summed E-state index contributed by atoms with van der Waals surface area (Å²) in [6.07, 6.45) is 1.63. The average Bonchev–Trinajstić information content (AvgIpc) is 2.80. The number of hydrogen-bond acceptors (Lipinski definition) is 5. The minimum Gasteiger partial charge on any atom is -0.268 e. The lowest BCUT2D eigenvalue weighted by molar-refractivity contribution is -0.384. The maximum Gasteiger partial charge on any atom is 0.270 e. The van der Waals surface area contributed by atoms with Crippen LogP contribution in [0.1, 0.15) is 16.7 Å². The Labute approximate surface area is 154 Å². The summed E-state index contributed by atoms with van der Waals surface area (Å²) >= 11 is 6.56. The van der Waals surface area contributed by atoms with Gasteiger partial charge in [-0.3, -0.25) is 19.8 Å². The molecule has 0 spiro atoms. The molecule has 126 valence electrons. The van der Waals surface area contributed by atoms with E-state index in [0.29, 0.717) is 14.8 Å². The average molecular weight is 370 g/mol. The highest BCUT2D eigenvalue weighted by Crippen LogP contribution is 2.36. The second-order valence-corrected chi connectivity index (χ2v) is 7.39. The molecule has 0 N–H and O–H groups in total. The summed E-state index contributed by atoms with van der Waals surface area (Å²) in [6.45, 7) is 3.93. The predicted octanol–water partition coefficient (Wildman–Crippen LogP) is 4.62. The number of anilines is 1. The summed E-state index contributed by atoms with van der Waals surface area (Å²) in [6, 6.07) is 12.0. The van der Waals surface area contributed by atoms with Crippen LogP contribution in [0.25, 0.3) is 6.08 Å². The molecular weight excluding hydrogens is 356 g/mol. The van der Waals surface area contributed by atoms with Crippen molar-refractivity contribution < 1.29 is 9.72 Å². The van der Waals surface area contributed by atoms with Crippen LogP contribution in [0.5, 0.6) is 0 Å². The minimum atomic E-state index is -0.460. The third-order valence-corrected chi connectivity index (χ3v) is 4.94. The van der Waals surface area contributed by atoms with Gasteiger partial charge in [-0.2, -0.15) is 0 Å². The molecule has 1 fully saturated rings. The molecule has 1 heterocycles. The van der Waals surface area contributed by atoms with Gasteiger partial charge in [0.15, 0.2) is 4.32 Å². The molecule has 0 radical (unpaired) electrons. The number of non-ortho nitro benzene ring substituents is 1. The molecule has 5 nitrogen and oxygen atoms in total. The molecule has 0 atom stereocenters. The van der Waals surface area contributed by atoms with E-state index in [1.165, 1.54) is 28.8 Å². The minimum absolute atomic E-state index is 0.0152. The van der Waals surface area contributed by atoms with Gasteiger partial charge in [0, 0.05) is 12.1 Å². The van der Waals surface area contributed by atoms with Crippen molar-refractivity contribution >= 4 is 51.7 Å². The van der Waals surface area contributed by atoms with E-state index >= 15 is 0 Å². The molecule has 3 rings (SSSR count). The number of benzene rings is 2. The summed E-state index contributed by atoms with van der Waals surface area (Å²) < 4.78 is 0.451. The number of rotatable bonds is 3. The van der Waals surface area contributed by atoms with Crippen molar-refractivity contribution in [2.45, 2.75) is 13.8 Å². The fourth-order valence-electron chi connectivity index (χ4n) is 2.65. The lowest BCUT2D eigenvalue weighted by Gasteiger charge is -2.16. The highest BCUT2D eigenvalue weighted by Gasteiger charge is 2.33. The van der Waals surface area contributed by atoms with E-state index in [0.717, 1.165) is 16.8 Å². The molecule has 2 aromatic rings. The van der Waals surface area contributed by atoms with E-state index in [4.69, 9.17) is 12.2 Å². The second kappa shape index (κ2) is 6.78. The summed E-state index contributed by atoms with van der Waals surface area (Å²) in [7, 11) is 0. The maximum atomic E-state index is 12.8. The molecule has 1 aliphatic rings. The van der Waals surface area contributed by atoms with Gasteiger partial charge in [0.1, 0.15) is 0 Å². The molecule has 0 unspecified atom stereocenters. The van der Waals surface area contributed by atoms with Crippen molar-refractivity contribution in [2.24, 2.45) is 0 Å². The Bertz CT molecular complexity index is 917. The Morgan fingerprint density at radius 3 is 2.48 bits per heavy atom. The predicted molar refractivity (Wildman–Crippen MR) is 105 cm³/mol. The number of hydrogen-bond donors (Lipinski definition) is 0. The van der Waals surface area contributed by atoms with E-state index in [9.17, 15) is 14.9 Å². The molecule has 25 heavy (non-hydrogen) atoms. The van der Waals surface area contributed by atoms with Crippen LogP contribution in [0.15, 0.2) is 47.4 Å². The first-order chi connectivity index (χ1) is 11.8. The third kappa shape index (κ3) is 3.62. The second-order valence-electron chi connectivity index (χ2n) is 5.72. The molecule has 0 saturated carbocycles. The van der Waals surface area contributed by atoms with Crippen LogP contribution in [0, 0.1) is 24.0 Å². The number of carbonyl (C=O) groups excluding carboxylic acids is 1. The zero-order chi connectivity index (χ0) is 18.1. The maximum absolute atomic E-state index is 12.8. The first kappa shape index (κ1) is 17.3. The smallest absolute Gasteiger partial charge is 0.268 e. The van der Waals surface area contributed by atoms with Crippen LogP contribution in [0.4, 0.5) is 11.4 Å². The van der Waals surface area contributed by atoms with Crippen LogP contribution in [-0.2, 0) is 4.79 Å². The molecule has 0 aliphatic carbocycles. The summed E-state index contributed by atoms with van der Waals surface area (Å²) in [5, 5.41) is 10.9. The van der Waals surface area contributed by atoms with E-state index in [2.05, 4.69) is 0 Å². The first-order valence-electron chi connectivity index (χ1n) is 7.46. The number of aryl methyl sites for hydroxylation is 2.